The zero-order valence-corrected chi connectivity index (χ0v) is 14.4. The lowest BCUT2D eigenvalue weighted by molar-refractivity contribution is -0.0899. The van der Waals surface area contributed by atoms with Gasteiger partial charge in [0.2, 0.25) is 0 Å². The van der Waals surface area contributed by atoms with E-state index in [0.29, 0.717) is 5.39 Å². The van der Waals surface area contributed by atoms with Crippen LogP contribution in [0.5, 0.6) is 0 Å². The summed E-state index contributed by atoms with van der Waals surface area (Å²) < 4.78 is 1.82. The Hall–Kier alpha value is -1.72. The Balaban J connectivity index is 1.77. The van der Waals surface area contributed by atoms with Gasteiger partial charge in [0.15, 0.2) is 0 Å². The van der Waals surface area contributed by atoms with Crippen LogP contribution in [0.4, 0.5) is 0 Å². The van der Waals surface area contributed by atoms with Gasteiger partial charge in [-0.05, 0) is 58.2 Å². The maximum atomic E-state index is 13.0. The van der Waals surface area contributed by atoms with Crippen LogP contribution >= 0.6 is 0 Å². The van der Waals surface area contributed by atoms with Gasteiger partial charge in [-0.25, -0.2) is 4.98 Å². The van der Waals surface area contributed by atoms with E-state index in [4.69, 9.17) is 0 Å². The van der Waals surface area contributed by atoms with Gasteiger partial charge in [0.1, 0.15) is 0 Å². The van der Waals surface area contributed by atoms with Gasteiger partial charge < -0.3 is 5.11 Å². The minimum absolute atomic E-state index is 0.0367. The molecule has 5 nitrogen and oxygen atoms in total. The van der Waals surface area contributed by atoms with Crippen LogP contribution in [0, 0.1) is 0 Å². The summed E-state index contributed by atoms with van der Waals surface area (Å²) in [6, 6.07) is 7.81. The van der Waals surface area contributed by atoms with Crippen molar-refractivity contribution in [3.8, 4) is 0 Å². The highest BCUT2D eigenvalue weighted by molar-refractivity contribution is 5.76. The Labute approximate surface area is 141 Å². The van der Waals surface area contributed by atoms with Crippen molar-refractivity contribution in [3.05, 3.63) is 40.9 Å². The number of hydrogen-bond acceptors (Lipinski definition) is 4. The van der Waals surface area contributed by atoms with Crippen molar-refractivity contribution in [1.82, 2.24) is 14.5 Å². The quantitative estimate of drug-likeness (QED) is 0.873. The topological polar surface area (TPSA) is 58.4 Å². The summed E-state index contributed by atoms with van der Waals surface area (Å²) in [5, 5.41) is 11.0. The Morgan fingerprint density at radius 3 is 2.83 bits per heavy atom. The fourth-order valence-corrected chi connectivity index (χ4v) is 4.76. The molecule has 5 heteroatoms. The highest BCUT2D eigenvalue weighted by atomic mass is 16.3. The fourth-order valence-electron chi connectivity index (χ4n) is 4.76. The van der Waals surface area contributed by atoms with E-state index in [0.717, 1.165) is 37.7 Å². The molecule has 3 heterocycles. The summed E-state index contributed by atoms with van der Waals surface area (Å²) >= 11 is 0. The Kier molecular flexibility index (Phi) is 3.73. The number of para-hydroxylation sites is 1. The van der Waals surface area contributed by atoms with E-state index in [9.17, 15) is 9.90 Å². The van der Waals surface area contributed by atoms with Crippen molar-refractivity contribution in [3.63, 3.8) is 0 Å². The predicted octanol–water partition coefficient (Wildman–Crippen LogP) is 2.34. The second-order valence-corrected chi connectivity index (χ2v) is 7.69. The van der Waals surface area contributed by atoms with E-state index in [1.54, 1.807) is 6.33 Å². The normalized spacial score (nSPS) is 30.2. The minimum Gasteiger partial charge on any atom is -0.391 e. The Morgan fingerprint density at radius 2 is 2.00 bits per heavy atom. The first-order valence-corrected chi connectivity index (χ1v) is 8.91. The van der Waals surface area contributed by atoms with Crippen molar-refractivity contribution in [2.24, 2.45) is 0 Å². The maximum absolute atomic E-state index is 13.0. The lowest BCUT2D eigenvalue weighted by Crippen LogP contribution is -2.63. The average Bonchev–Trinajstić information content (AvgIpc) is 2.57. The van der Waals surface area contributed by atoms with E-state index in [-0.39, 0.29) is 29.3 Å². The monoisotopic (exact) mass is 327 g/mol. The number of aliphatic hydroxyl groups is 1. The molecule has 0 bridgehead atoms. The third-order valence-corrected chi connectivity index (χ3v) is 6.06. The average molecular weight is 327 g/mol. The van der Waals surface area contributed by atoms with Gasteiger partial charge in [0.25, 0.3) is 5.56 Å². The zero-order chi connectivity index (χ0) is 16.9. The molecule has 0 amide bonds. The number of fused-ring (bicyclic) bond motifs is 2. The second kappa shape index (κ2) is 5.67. The lowest BCUT2D eigenvalue weighted by atomic mass is 9.77. The molecule has 1 aromatic carbocycles. The molecule has 2 fully saturated rings. The van der Waals surface area contributed by atoms with Gasteiger partial charge in [-0.3, -0.25) is 14.3 Å². The minimum atomic E-state index is -0.245. The predicted molar refractivity (Wildman–Crippen MR) is 94.1 cm³/mol. The third kappa shape index (κ3) is 2.30. The molecular formula is C19H25N3O2. The summed E-state index contributed by atoms with van der Waals surface area (Å²) in [6.45, 7) is 5.38. The van der Waals surface area contributed by atoms with Crippen molar-refractivity contribution in [1.29, 1.82) is 0 Å². The van der Waals surface area contributed by atoms with Crippen LogP contribution in [-0.4, -0.2) is 43.8 Å². The number of hydrogen-bond donors (Lipinski definition) is 1. The summed E-state index contributed by atoms with van der Waals surface area (Å²) in [5.41, 5.74) is 0.603. The molecule has 24 heavy (non-hydrogen) atoms. The van der Waals surface area contributed by atoms with Crippen LogP contribution < -0.4 is 5.56 Å². The van der Waals surface area contributed by atoms with E-state index < -0.39 is 0 Å². The molecule has 2 saturated heterocycles. The first kappa shape index (κ1) is 15.8. The molecule has 4 rings (SSSR count). The Bertz CT molecular complexity index is 814. The molecular weight excluding hydrogens is 302 g/mol. The fraction of sp³-hybridized carbons (Fsp3) is 0.579. The number of rotatable bonds is 1. The molecule has 128 valence electrons. The second-order valence-electron chi connectivity index (χ2n) is 7.69. The van der Waals surface area contributed by atoms with Gasteiger partial charge in [-0.1, -0.05) is 12.1 Å². The first-order valence-electron chi connectivity index (χ1n) is 8.91. The number of nitrogens with zero attached hydrogens (tertiary/aromatic N) is 3. The first-order chi connectivity index (χ1) is 11.5. The van der Waals surface area contributed by atoms with Crippen LogP contribution in [0.2, 0.25) is 0 Å². The van der Waals surface area contributed by atoms with E-state index in [1.165, 1.54) is 0 Å². The number of piperidine rings is 2. The molecule has 1 N–H and O–H groups in total. The van der Waals surface area contributed by atoms with Crippen molar-refractivity contribution >= 4 is 10.9 Å². The lowest BCUT2D eigenvalue weighted by Gasteiger charge is -2.55. The van der Waals surface area contributed by atoms with Gasteiger partial charge in [-0.15, -0.1) is 0 Å². The molecule has 0 saturated carbocycles. The summed E-state index contributed by atoms with van der Waals surface area (Å²) in [4.78, 5) is 19.9. The highest BCUT2D eigenvalue weighted by Crippen LogP contribution is 2.42. The van der Waals surface area contributed by atoms with Crippen LogP contribution in [0.3, 0.4) is 0 Å². The van der Waals surface area contributed by atoms with Crippen LogP contribution in [-0.2, 0) is 0 Å². The Morgan fingerprint density at radius 1 is 1.21 bits per heavy atom. The standard InChI is InChI=1S/C19H25N3O2/c1-19(2)17(10-9-15-16(23)8-5-11-22(15)19)21-12-20-14-7-4-3-6-13(14)18(21)24/h3-4,6-7,12,15-17,23H,5,8-11H2,1-2H3/t15-,16+,17+/m1/s1. The largest absolute Gasteiger partial charge is 0.391 e. The molecule has 0 unspecified atom stereocenters. The molecule has 0 aliphatic carbocycles. The number of aromatic nitrogens is 2. The van der Waals surface area contributed by atoms with Gasteiger partial charge in [-0.2, -0.15) is 0 Å². The van der Waals surface area contributed by atoms with Gasteiger partial charge in [0.05, 0.1) is 29.4 Å². The van der Waals surface area contributed by atoms with Crippen molar-refractivity contribution in [2.45, 2.75) is 63.3 Å². The molecule has 2 aliphatic rings. The molecule has 2 aromatic rings. The molecule has 1 aromatic heterocycles. The van der Waals surface area contributed by atoms with Gasteiger partial charge >= 0.3 is 0 Å². The van der Waals surface area contributed by atoms with E-state index in [1.807, 2.05) is 28.8 Å². The molecule has 3 atom stereocenters. The SMILES string of the molecule is CC1(C)[C@@H](n2cnc3ccccc3c2=O)CC[C@@H]2[C@@H](O)CCCN21. The van der Waals surface area contributed by atoms with Crippen molar-refractivity contribution in [2.75, 3.05) is 6.54 Å². The van der Waals surface area contributed by atoms with Gasteiger partial charge in [0, 0.05) is 11.6 Å². The number of aliphatic hydroxyl groups excluding tert-OH is 1. The van der Waals surface area contributed by atoms with Crippen molar-refractivity contribution < 1.29 is 5.11 Å². The summed E-state index contributed by atoms with van der Waals surface area (Å²) in [6.07, 6.45) is 5.18. The highest BCUT2D eigenvalue weighted by Gasteiger charge is 2.47. The zero-order valence-electron chi connectivity index (χ0n) is 14.4. The summed E-state index contributed by atoms with van der Waals surface area (Å²) in [5.74, 6) is 0. The van der Waals surface area contributed by atoms with Crippen LogP contribution in [0.15, 0.2) is 35.4 Å². The van der Waals surface area contributed by atoms with E-state index >= 15 is 0 Å². The molecule has 0 radical (unpaired) electrons. The number of benzene rings is 1. The van der Waals surface area contributed by atoms with E-state index in [2.05, 4.69) is 23.7 Å². The third-order valence-electron chi connectivity index (χ3n) is 6.06. The molecule has 2 aliphatic heterocycles. The molecule has 0 spiro atoms. The van der Waals surface area contributed by atoms with Crippen LogP contribution in [0.1, 0.15) is 45.6 Å². The summed E-state index contributed by atoms with van der Waals surface area (Å²) in [7, 11) is 0. The maximum Gasteiger partial charge on any atom is 0.261 e. The smallest absolute Gasteiger partial charge is 0.261 e. The van der Waals surface area contributed by atoms with Crippen LogP contribution in [0.25, 0.3) is 10.9 Å².